The molecule has 2 N–H and O–H groups in total. The van der Waals surface area contributed by atoms with E-state index in [-0.39, 0.29) is 0 Å². The molecule has 0 amide bonds. The van der Waals surface area contributed by atoms with Crippen LogP contribution in [0, 0.1) is 0 Å². The number of benzene rings is 1. The second kappa shape index (κ2) is 5.08. The third-order valence-corrected chi connectivity index (χ3v) is 2.83. The summed E-state index contributed by atoms with van der Waals surface area (Å²) < 4.78 is 5.73. The molecule has 2 aromatic rings. The van der Waals surface area contributed by atoms with Crippen molar-refractivity contribution in [3.8, 4) is 0 Å². The third kappa shape index (κ3) is 2.52. The van der Waals surface area contributed by atoms with Crippen molar-refractivity contribution in [2.45, 2.75) is 26.7 Å². The van der Waals surface area contributed by atoms with Crippen LogP contribution in [0.1, 0.15) is 26.7 Å². The summed E-state index contributed by atoms with van der Waals surface area (Å²) in [6, 6.07) is 6.24. The molecule has 0 bridgehead atoms. The number of unbranched alkanes of at least 4 members (excludes halogenated alkanes) is 1. The summed E-state index contributed by atoms with van der Waals surface area (Å²) in [4.78, 5) is 6.63. The number of fused-ring (bicyclic) bond motifs is 1. The smallest absolute Gasteiger partial charge is 0.298 e. The van der Waals surface area contributed by atoms with Crippen molar-refractivity contribution in [2.75, 3.05) is 23.7 Å². The molecule has 17 heavy (non-hydrogen) atoms. The van der Waals surface area contributed by atoms with Gasteiger partial charge in [-0.1, -0.05) is 13.3 Å². The Hall–Kier alpha value is -1.71. The van der Waals surface area contributed by atoms with Gasteiger partial charge in [-0.05, 0) is 31.5 Å². The van der Waals surface area contributed by atoms with E-state index in [1.54, 1.807) is 0 Å². The normalized spacial score (nSPS) is 10.9. The predicted octanol–water partition coefficient (Wildman–Crippen LogP) is 3.04. The van der Waals surface area contributed by atoms with Crippen molar-refractivity contribution in [1.82, 2.24) is 4.98 Å². The van der Waals surface area contributed by atoms with Crippen LogP contribution in [-0.2, 0) is 0 Å². The van der Waals surface area contributed by atoms with Gasteiger partial charge in [0.05, 0.1) is 0 Å². The van der Waals surface area contributed by atoms with Gasteiger partial charge in [-0.15, -0.1) is 0 Å². The van der Waals surface area contributed by atoms with Gasteiger partial charge in [0.15, 0.2) is 5.58 Å². The zero-order valence-electron chi connectivity index (χ0n) is 10.4. The molecule has 0 saturated carbocycles. The molecule has 0 atom stereocenters. The number of anilines is 2. The fourth-order valence-corrected chi connectivity index (χ4v) is 1.81. The maximum absolute atomic E-state index is 5.73. The highest BCUT2D eigenvalue weighted by Crippen LogP contribution is 2.23. The monoisotopic (exact) mass is 233 g/mol. The van der Waals surface area contributed by atoms with Gasteiger partial charge < -0.3 is 15.1 Å². The van der Waals surface area contributed by atoms with Crippen molar-refractivity contribution in [3.05, 3.63) is 18.2 Å². The van der Waals surface area contributed by atoms with E-state index >= 15 is 0 Å². The lowest BCUT2D eigenvalue weighted by atomic mass is 10.3. The summed E-state index contributed by atoms with van der Waals surface area (Å²) in [6.07, 6.45) is 2.32. The first-order valence-electron chi connectivity index (χ1n) is 6.15. The second-order valence-electron chi connectivity index (χ2n) is 4.16. The Labute approximate surface area is 101 Å². The van der Waals surface area contributed by atoms with Gasteiger partial charge in [-0.25, -0.2) is 0 Å². The molecule has 0 fully saturated rings. The molecule has 0 aliphatic heterocycles. The highest BCUT2D eigenvalue weighted by atomic mass is 16.4. The Morgan fingerprint density at radius 3 is 2.88 bits per heavy atom. The number of aromatic nitrogens is 1. The van der Waals surface area contributed by atoms with Crippen molar-refractivity contribution in [1.29, 1.82) is 0 Å². The fraction of sp³-hybridized carbons (Fsp3) is 0.462. The minimum atomic E-state index is 0.696. The first kappa shape index (κ1) is 11.8. The van der Waals surface area contributed by atoms with Crippen LogP contribution in [-0.4, -0.2) is 18.1 Å². The number of nitrogens with zero attached hydrogens (tertiary/aromatic N) is 2. The van der Waals surface area contributed by atoms with Crippen LogP contribution in [0.4, 0.5) is 11.7 Å². The largest absolute Gasteiger partial charge is 0.423 e. The molecule has 1 heterocycles. The average molecular weight is 233 g/mol. The Morgan fingerprint density at radius 2 is 2.18 bits per heavy atom. The second-order valence-corrected chi connectivity index (χ2v) is 4.16. The first-order chi connectivity index (χ1) is 8.24. The Balaban J connectivity index is 2.27. The van der Waals surface area contributed by atoms with E-state index in [4.69, 9.17) is 10.2 Å². The topological polar surface area (TPSA) is 55.3 Å². The van der Waals surface area contributed by atoms with E-state index in [2.05, 4.69) is 23.7 Å². The predicted molar refractivity (Wildman–Crippen MR) is 71.2 cm³/mol. The molecule has 1 aromatic carbocycles. The summed E-state index contributed by atoms with van der Waals surface area (Å²) >= 11 is 0. The van der Waals surface area contributed by atoms with E-state index in [1.165, 1.54) is 6.42 Å². The first-order valence-corrected chi connectivity index (χ1v) is 6.15. The number of hydrogen-bond donors (Lipinski definition) is 1. The average Bonchev–Trinajstić information content (AvgIpc) is 2.72. The van der Waals surface area contributed by atoms with E-state index in [1.807, 2.05) is 18.2 Å². The number of oxazole rings is 1. The Morgan fingerprint density at radius 1 is 1.35 bits per heavy atom. The molecule has 2 rings (SSSR count). The van der Waals surface area contributed by atoms with Crippen LogP contribution in [0.2, 0.25) is 0 Å². The van der Waals surface area contributed by atoms with Crippen molar-refractivity contribution in [2.24, 2.45) is 0 Å². The van der Waals surface area contributed by atoms with Gasteiger partial charge >= 0.3 is 0 Å². The van der Waals surface area contributed by atoms with E-state index in [9.17, 15) is 0 Å². The number of nitrogens with two attached hydrogens (primary N) is 1. The van der Waals surface area contributed by atoms with Gasteiger partial charge in [0.1, 0.15) is 5.52 Å². The van der Waals surface area contributed by atoms with E-state index in [0.717, 1.165) is 30.6 Å². The molecule has 4 heteroatoms. The van der Waals surface area contributed by atoms with Gasteiger partial charge in [0.2, 0.25) is 0 Å². The lowest BCUT2D eigenvalue weighted by Gasteiger charge is -2.17. The van der Waals surface area contributed by atoms with E-state index < -0.39 is 0 Å². The zero-order valence-corrected chi connectivity index (χ0v) is 10.4. The Bertz CT molecular complexity index is 492. The summed E-state index contributed by atoms with van der Waals surface area (Å²) in [5.41, 5.74) is 8.07. The van der Waals surface area contributed by atoms with Crippen LogP contribution in [0.25, 0.3) is 11.1 Å². The molecular formula is C13H19N3O. The molecule has 4 nitrogen and oxygen atoms in total. The molecule has 0 unspecified atom stereocenters. The van der Waals surface area contributed by atoms with Gasteiger partial charge in [-0.2, -0.15) is 4.98 Å². The Kier molecular flexibility index (Phi) is 3.52. The maximum atomic E-state index is 5.73. The van der Waals surface area contributed by atoms with Gasteiger partial charge in [-0.3, -0.25) is 0 Å². The van der Waals surface area contributed by atoms with Crippen LogP contribution in [0.3, 0.4) is 0 Å². The van der Waals surface area contributed by atoms with Crippen LogP contribution < -0.4 is 10.6 Å². The minimum absolute atomic E-state index is 0.696. The summed E-state index contributed by atoms with van der Waals surface area (Å²) in [7, 11) is 0. The molecule has 0 radical (unpaired) electrons. The SMILES string of the molecule is CCCCN(CC)c1nc2cc(N)ccc2o1. The maximum Gasteiger partial charge on any atom is 0.298 e. The molecule has 0 spiro atoms. The van der Waals surface area contributed by atoms with Crippen molar-refractivity contribution in [3.63, 3.8) is 0 Å². The number of hydrogen-bond acceptors (Lipinski definition) is 4. The highest BCUT2D eigenvalue weighted by molar-refractivity contribution is 5.78. The molecule has 0 saturated heterocycles. The van der Waals surface area contributed by atoms with Gasteiger partial charge in [0.25, 0.3) is 6.01 Å². The fourth-order valence-electron chi connectivity index (χ4n) is 1.81. The molecular weight excluding hydrogens is 214 g/mol. The zero-order chi connectivity index (χ0) is 12.3. The third-order valence-electron chi connectivity index (χ3n) is 2.83. The summed E-state index contributed by atoms with van der Waals surface area (Å²) in [5, 5.41) is 0. The van der Waals surface area contributed by atoms with Gasteiger partial charge in [0, 0.05) is 18.8 Å². The quantitative estimate of drug-likeness (QED) is 0.806. The molecule has 0 aliphatic rings. The van der Waals surface area contributed by atoms with Crippen LogP contribution in [0.15, 0.2) is 22.6 Å². The van der Waals surface area contributed by atoms with Crippen LogP contribution >= 0.6 is 0 Å². The molecule has 92 valence electrons. The minimum Gasteiger partial charge on any atom is -0.423 e. The molecule has 1 aromatic heterocycles. The highest BCUT2D eigenvalue weighted by Gasteiger charge is 2.11. The summed E-state index contributed by atoms with van der Waals surface area (Å²) in [6.45, 7) is 6.18. The van der Waals surface area contributed by atoms with Crippen LogP contribution in [0.5, 0.6) is 0 Å². The standard InChI is InChI=1S/C13H19N3O/c1-3-5-8-16(4-2)13-15-11-9-10(14)6-7-12(11)17-13/h6-7,9H,3-5,8,14H2,1-2H3. The lowest BCUT2D eigenvalue weighted by Crippen LogP contribution is -2.23. The number of rotatable bonds is 5. The number of nitrogen functional groups attached to an aromatic ring is 1. The lowest BCUT2D eigenvalue weighted by molar-refractivity contribution is 0.563. The van der Waals surface area contributed by atoms with Crippen molar-refractivity contribution >= 4 is 22.8 Å². The summed E-state index contributed by atoms with van der Waals surface area (Å²) in [5.74, 6) is 0. The van der Waals surface area contributed by atoms with E-state index in [0.29, 0.717) is 11.7 Å². The van der Waals surface area contributed by atoms with Crippen molar-refractivity contribution < 1.29 is 4.42 Å². The molecule has 0 aliphatic carbocycles.